The number of nitrogens with zero attached hydrogens (tertiary/aromatic N) is 1. The van der Waals surface area contributed by atoms with Gasteiger partial charge in [0.15, 0.2) is 0 Å². The smallest absolute Gasteiger partial charge is 0.418 e. The van der Waals surface area contributed by atoms with E-state index in [0.717, 1.165) is 12.1 Å². The van der Waals surface area contributed by atoms with Gasteiger partial charge in [-0.05, 0) is 34.1 Å². The largest absolute Gasteiger partial charge is 0.673 e. The molecule has 0 saturated carbocycles. The van der Waals surface area contributed by atoms with E-state index < -0.39 is 7.25 Å². The Morgan fingerprint density at radius 2 is 1.19 bits per heavy atom. The molecule has 0 aromatic rings. The maximum atomic E-state index is 9.75. The van der Waals surface area contributed by atoms with Gasteiger partial charge in [0.1, 0.15) is 0 Å². The summed E-state index contributed by atoms with van der Waals surface area (Å²) in [6.07, 6.45) is 1.28. The first kappa shape index (κ1) is 18.1. The highest BCUT2D eigenvalue weighted by Gasteiger charge is 2.27. The van der Waals surface area contributed by atoms with Crippen LogP contribution >= 0.6 is 0 Å². The summed E-state index contributed by atoms with van der Waals surface area (Å²) in [7, 11) is -3.64. The minimum absolute atomic E-state index is 0.745. The van der Waals surface area contributed by atoms with E-state index in [0.29, 0.717) is 0 Å². The van der Waals surface area contributed by atoms with E-state index >= 15 is 0 Å². The second kappa shape index (κ2) is 7.15. The van der Waals surface area contributed by atoms with Crippen molar-refractivity contribution in [3.05, 3.63) is 0 Å². The molecule has 0 rings (SSSR count). The monoisotopic (exact) mass is 245 g/mol. The van der Waals surface area contributed by atoms with E-state index in [1.165, 1.54) is 17.4 Å². The number of halogens is 4. The fourth-order valence-electron chi connectivity index (χ4n) is 1.59. The zero-order valence-electron chi connectivity index (χ0n) is 11.1. The fourth-order valence-corrected chi connectivity index (χ4v) is 1.59. The Labute approximate surface area is 96.5 Å². The summed E-state index contributed by atoms with van der Waals surface area (Å²) < 4.78 is 40.2. The zero-order chi connectivity index (χ0) is 13.6. The Hall–Kier alpha value is -0.255. The van der Waals surface area contributed by atoms with Gasteiger partial charge in [-0.1, -0.05) is 6.92 Å². The second-order valence-electron chi connectivity index (χ2n) is 4.75. The lowest BCUT2D eigenvalue weighted by Gasteiger charge is -2.42. The van der Waals surface area contributed by atoms with E-state index in [2.05, 4.69) is 41.7 Å². The Kier molecular flexibility index (Phi) is 8.09. The van der Waals surface area contributed by atoms with Crippen LogP contribution in [0.25, 0.3) is 0 Å². The fraction of sp³-hybridized carbons (Fsp3) is 1.00. The normalized spacial score (nSPS) is 12.8. The highest BCUT2D eigenvalue weighted by molar-refractivity contribution is 6.50. The Balaban J connectivity index is 0. The molecule has 0 amide bonds. The van der Waals surface area contributed by atoms with Gasteiger partial charge >= 0.3 is 7.25 Å². The van der Waals surface area contributed by atoms with Crippen LogP contribution in [0.2, 0.25) is 0 Å². The molecule has 6 heteroatoms. The van der Waals surface area contributed by atoms with Crippen molar-refractivity contribution in [1.82, 2.24) is 0 Å². The van der Waals surface area contributed by atoms with Crippen molar-refractivity contribution in [2.75, 3.05) is 13.6 Å². The molecule has 0 spiro atoms. The Bertz CT molecular complexity index is 166. The van der Waals surface area contributed by atoms with Crippen LogP contribution in [0.1, 0.15) is 41.0 Å². The maximum Gasteiger partial charge on any atom is 0.673 e. The minimum atomic E-state index is -6.00. The molecule has 16 heavy (non-hydrogen) atoms. The molecule has 0 aromatic carbocycles. The van der Waals surface area contributed by atoms with Gasteiger partial charge < -0.3 is 21.7 Å². The molecule has 0 fully saturated rings. The first-order valence-electron chi connectivity index (χ1n) is 5.67. The summed E-state index contributed by atoms with van der Waals surface area (Å²) in [4.78, 5) is 0. The molecule has 0 aliphatic heterocycles. The van der Waals surface area contributed by atoms with Crippen LogP contribution in [0.5, 0.6) is 0 Å². The third-order valence-electron chi connectivity index (χ3n) is 3.06. The maximum absolute atomic E-state index is 9.75. The average molecular weight is 245 g/mol. The minimum Gasteiger partial charge on any atom is -0.418 e. The average Bonchev–Trinajstić information content (AvgIpc) is 2.00. The molecule has 0 heterocycles. The standard InChI is InChI=1S/C10H24N.BF4/c1-7-8-11(6,9(2)3)10(4)5;2-1(3,4)5/h9-10H,7-8H2,1-6H3;/q+1;-1. The van der Waals surface area contributed by atoms with Crippen molar-refractivity contribution in [2.45, 2.75) is 53.1 Å². The van der Waals surface area contributed by atoms with E-state index in [1.54, 1.807) is 0 Å². The van der Waals surface area contributed by atoms with Gasteiger partial charge in [0.05, 0.1) is 25.7 Å². The van der Waals surface area contributed by atoms with Crippen LogP contribution in [-0.2, 0) is 0 Å². The van der Waals surface area contributed by atoms with Gasteiger partial charge in [0.25, 0.3) is 0 Å². The van der Waals surface area contributed by atoms with Crippen molar-refractivity contribution in [3.63, 3.8) is 0 Å². The molecular weight excluding hydrogens is 221 g/mol. The van der Waals surface area contributed by atoms with Crippen molar-refractivity contribution >= 4 is 7.25 Å². The lowest BCUT2D eigenvalue weighted by molar-refractivity contribution is -0.949. The predicted molar refractivity (Wildman–Crippen MR) is 61.8 cm³/mol. The molecule has 0 saturated heterocycles. The van der Waals surface area contributed by atoms with Crippen LogP contribution in [0.4, 0.5) is 17.3 Å². The molecule has 0 aliphatic carbocycles. The predicted octanol–water partition coefficient (Wildman–Crippen LogP) is 3.96. The van der Waals surface area contributed by atoms with E-state index in [1.807, 2.05) is 0 Å². The topological polar surface area (TPSA) is 0 Å². The molecule has 0 atom stereocenters. The molecule has 100 valence electrons. The Morgan fingerprint density at radius 1 is 0.938 bits per heavy atom. The highest BCUT2D eigenvalue weighted by Crippen LogP contribution is 2.16. The molecule has 0 unspecified atom stereocenters. The van der Waals surface area contributed by atoms with Crippen molar-refractivity contribution in [2.24, 2.45) is 0 Å². The highest BCUT2D eigenvalue weighted by atomic mass is 19.5. The van der Waals surface area contributed by atoms with Crippen LogP contribution in [0.3, 0.4) is 0 Å². The Morgan fingerprint density at radius 3 is 1.25 bits per heavy atom. The van der Waals surface area contributed by atoms with E-state index in [-0.39, 0.29) is 0 Å². The number of quaternary nitrogens is 1. The van der Waals surface area contributed by atoms with Crippen LogP contribution in [0, 0.1) is 0 Å². The molecule has 0 N–H and O–H groups in total. The molecule has 0 bridgehead atoms. The van der Waals surface area contributed by atoms with Gasteiger partial charge in [-0.3, -0.25) is 0 Å². The SMILES string of the molecule is CCC[N+](C)(C(C)C)C(C)C.F[B-](F)(F)F. The zero-order valence-corrected chi connectivity index (χ0v) is 11.1. The first-order valence-corrected chi connectivity index (χ1v) is 5.67. The van der Waals surface area contributed by atoms with Crippen LogP contribution in [-0.4, -0.2) is 37.4 Å². The summed E-state index contributed by atoms with van der Waals surface area (Å²) in [5, 5.41) is 0. The van der Waals surface area contributed by atoms with Gasteiger partial charge in [0, 0.05) is 0 Å². The van der Waals surface area contributed by atoms with Crippen molar-refractivity contribution in [1.29, 1.82) is 0 Å². The first-order chi connectivity index (χ1) is 6.95. The van der Waals surface area contributed by atoms with Crippen LogP contribution < -0.4 is 0 Å². The molecule has 1 nitrogen and oxygen atoms in total. The quantitative estimate of drug-likeness (QED) is 0.399. The third kappa shape index (κ3) is 9.01. The third-order valence-corrected chi connectivity index (χ3v) is 3.06. The second-order valence-corrected chi connectivity index (χ2v) is 4.75. The summed E-state index contributed by atoms with van der Waals surface area (Å²) in [6, 6.07) is 1.49. The van der Waals surface area contributed by atoms with E-state index in [4.69, 9.17) is 0 Å². The van der Waals surface area contributed by atoms with Gasteiger partial charge in [-0.2, -0.15) is 0 Å². The number of hydrogen-bond acceptors (Lipinski definition) is 0. The van der Waals surface area contributed by atoms with Gasteiger partial charge in [-0.15, -0.1) is 0 Å². The molecule has 0 aliphatic rings. The van der Waals surface area contributed by atoms with Gasteiger partial charge in [0.2, 0.25) is 0 Å². The summed E-state index contributed by atoms with van der Waals surface area (Å²) >= 11 is 0. The molecule has 0 aromatic heterocycles. The summed E-state index contributed by atoms with van der Waals surface area (Å²) in [6.45, 7) is 12.8. The number of rotatable bonds is 4. The van der Waals surface area contributed by atoms with E-state index in [9.17, 15) is 17.3 Å². The lowest BCUT2D eigenvalue weighted by atomic mass is 10.1. The van der Waals surface area contributed by atoms with Crippen molar-refractivity contribution < 1.29 is 21.7 Å². The summed E-state index contributed by atoms with van der Waals surface area (Å²) in [5.74, 6) is 0. The number of hydrogen-bond donors (Lipinski definition) is 0. The van der Waals surface area contributed by atoms with Crippen molar-refractivity contribution in [3.8, 4) is 0 Å². The summed E-state index contributed by atoms with van der Waals surface area (Å²) in [5.41, 5.74) is 0. The van der Waals surface area contributed by atoms with Crippen LogP contribution in [0.15, 0.2) is 0 Å². The molecule has 0 radical (unpaired) electrons. The molecular formula is C10H24BF4N. The van der Waals surface area contributed by atoms with Gasteiger partial charge in [-0.25, -0.2) is 0 Å². The lowest BCUT2D eigenvalue weighted by Crippen LogP contribution is -2.54.